The van der Waals surface area contributed by atoms with Gasteiger partial charge in [0.25, 0.3) is 0 Å². The van der Waals surface area contributed by atoms with Crippen molar-refractivity contribution in [2.45, 2.75) is 52.6 Å². The molecule has 0 radical (unpaired) electrons. The molecule has 1 aromatic rings. The van der Waals surface area contributed by atoms with Gasteiger partial charge in [-0.3, -0.25) is 0 Å². The lowest BCUT2D eigenvalue weighted by Crippen LogP contribution is -2.48. The summed E-state index contributed by atoms with van der Waals surface area (Å²) in [5.41, 5.74) is -0.128. The van der Waals surface area contributed by atoms with E-state index in [1.807, 2.05) is 12.1 Å². The first-order chi connectivity index (χ1) is 10.4. The minimum Gasteiger partial charge on any atom is -0.467 e. The maximum absolute atomic E-state index is 12.4. The second-order valence-electron chi connectivity index (χ2n) is 7.17. The van der Waals surface area contributed by atoms with Gasteiger partial charge in [0.2, 0.25) is 0 Å². The van der Waals surface area contributed by atoms with E-state index in [1.165, 1.54) is 0 Å². The molecular weight excluding hydrogens is 280 g/mol. The second kappa shape index (κ2) is 7.18. The zero-order chi connectivity index (χ0) is 16.2. The number of rotatable bonds is 4. The van der Waals surface area contributed by atoms with E-state index in [4.69, 9.17) is 9.15 Å². The van der Waals surface area contributed by atoms with E-state index in [1.54, 1.807) is 6.26 Å². The van der Waals surface area contributed by atoms with Gasteiger partial charge in [0.15, 0.2) is 0 Å². The van der Waals surface area contributed by atoms with Gasteiger partial charge in [0.05, 0.1) is 12.3 Å². The van der Waals surface area contributed by atoms with Crippen LogP contribution in [0, 0.1) is 11.3 Å². The van der Waals surface area contributed by atoms with E-state index in [0.717, 1.165) is 31.8 Å². The molecule has 0 aromatic carbocycles. The molecule has 5 nitrogen and oxygen atoms in total. The Morgan fingerprint density at radius 2 is 1.95 bits per heavy atom. The number of carbonyl (C=O) groups excluding carboxylic acids is 1. The Bertz CT molecular complexity index is 459. The Morgan fingerprint density at radius 1 is 1.27 bits per heavy atom. The van der Waals surface area contributed by atoms with Gasteiger partial charge in [0, 0.05) is 19.3 Å². The highest BCUT2D eigenvalue weighted by Gasteiger charge is 2.31. The van der Waals surface area contributed by atoms with E-state index >= 15 is 0 Å². The van der Waals surface area contributed by atoms with Crippen molar-refractivity contribution in [3.63, 3.8) is 0 Å². The number of nitrogens with one attached hydrogen (secondary N) is 2. The average molecular weight is 308 g/mol. The van der Waals surface area contributed by atoms with E-state index in [9.17, 15) is 4.79 Å². The van der Waals surface area contributed by atoms with E-state index in [-0.39, 0.29) is 23.5 Å². The Hall–Kier alpha value is -1.49. The number of urea groups is 1. The van der Waals surface area contributed by atoms with Crippen molar-refractivity contribution >= 4 is 6.03 Å². The molecule has 0 bridgehead atoms. The fourth-order valence-electron chi connectivity index (χ4n) is 2.88. The fraction of sp³-hybridized carbons (Fsp3) is 0.706. The molecule has 1 fully saturated rings. The van der Waals surface area contributed by atoms with Crippen molar-refractivity contribution in [2.75, 3.05) is 13.2 Å². The van der Waals surface area contributed by atoms with Crippen LogP contribution >= 0.6 is 0 Å². The third-order valence-electron chi connectivity index (χ3n) is 4.30. The summed E-state index contributed by atoms with van der Waals surface area (Å²) in [4.78, 5) is 12.4. The minimum atomic E-state index is -0.163. The summed E-state index contributed by atoms with van der Waals surface area (Å²) in [6, 6.07) is 3.58. The molecular formula is C17H28N2O3. The first-order valence-electron chi connectivity index (χ1n) is 8.06. The summed E-state index contributed by atoms with van der Waals surface area (Å²) in [5, 5.41) is 6.12. The molecule has 2 N–H and O–H groups in total. The summed E-state index contributed by atoms with van der Waals surface area (Å²) < 4.78 is 10.9. The fourth-order valence-corrected chi connectivity index (χ4v) is 2.88. The summed E-state index contributed by atoms with van der Waals surface area (Å²) in [6.45, 7) is 9.90. The molecule has 22 heavy (non-hydrogen) atoms. The van der Waals surface area contributed by atoms with Crippen LogP contribution in [0.4, 0.5) is 4.79 Å². The van der Waals surface area contributed by atoms with Crippen LogP contribution < -0.4 is 10.6 Å². The third kappa shape index (κ3) is 4.50. The summed E-state index contributed by atoms with van der Waals surface area (Å²) in [6.07, 6.45) is 3.64. The summed E-state index contributed by atoms with van der Waals surface area (Å²) in [7, 11) is 0. The molecule has 1 aliphatic heterocycles. The molecule has 1 aromatic heterocycles. The molecule has 2 rings (SSSR count). The number of furan rings is 1. The van der Waals surface area contributed by atoms with Crippen molar-refractivity contribution in [1.82, 2.24) is 10.6 Å². The molecule has 1 aliphatic rings. The van der Waals surface area contributed by atoms with Crippen LogP contribution in [0.3, 0.4) is 0 Å². The lowest BCUT2D eigenvalue weighted by atomic mass is 9.85. The molecule has 124 valence electrons. The van der Waals surface area contributed by atoms with Gasteiger partial charge in [-0.1, -0.05) is 20.8 Å². The van der Waals surface area contributed by atoms with E-state index < -0.39 is 0 Å². The molecule has 2 atom stereocenters. The lowest BCUT2D eigenvalue weighted by molar-refractivity contribution is 0.0569. The molecule has 0 saturated carbocycles. The monoisotopic (exact) mass is 308 g/mol. The Kier molecular flexibility index (Phi) is 5.51. The molecule has 0 aliphatic carbocycles. The highest BCUT2D eigenvalue weighted by Crippen LogP contribution is 2.32. The van der Waals surface area contributed by atoms with Crippen LogP contribution in [-0.2, 0) is 4.74 Å². The number of carbonyl (C=O) groups is 1. The highest BCUT2D eigenvalue weighted by molar-refractivity contribution is 5.74. The smallest absolute Gasteiger partial charge is 0.315 e. The normalized spacial score (nSPS) is 19.5. The lowest BCUT2D eigenvalue weighted by Gasteiger charge is -2.32. The largest absolute Gasteiger partial charge is 0.467 e. The van der Waals surface area contributed by atoms with Crippen LogP contribution in [0.2, 0.25) is 0 Å². The Morgan fingerprint density at radius 3 is 2.50 bits per heavy atom. The molecule has 2 amide bonds. The number of hydrogen-bond acceptors (Lipinski definition) is 3. The molecule has 0 unspecified atom stereocenters. The summed E-state index contributed by atoms with van der Waals surface area (Å²) in [5.74, 6) is 1.26. The van der Waals surface area contributed by atoms with Gasteiger partial charge in [-0.2, -0.15) is 0 Å². The average Bonchev–Trinajstić information content (AvgIpc) is 2.98. The van der Waals surface area contributed by atoms with Crippen molar-refractivity contribution in [3.8, 4) is 0 Å². The van der Waals surface area contributed by atoms with Gasteiger partial charge in [-0.15, -0.1) is 0 Å². The van der Waals surface area contributed by atoms with Gasteiger partial charge < -0.3 is 19.8 Å². The summed E-state index contributed by atoms with van der Waals surface area (Å²) >= 11 is 0. The predicted octanol–water partition coefficient (Wildman–Crippen LogP) is 3.48. The van der Waals surface area contributed by atoms with Crippen LogP contribution in [0.15, 0.2) is 22.8 Å². The molecule has 0 spiro atoms. The number of amides is 2. The zero-order valence-electron chi connectivity index (χ0n) is 14.0. The topological polar surface area (TPSA) is 63.5 Å². The van der Waals surface area contributed by atoms with E-state index in [0.29, 0.717) is 5.92 Å². The minimum absolute atomic E-state index is 0.128. The first-order valence-corrected chi connectivity index (χ1v) is 8.06. The first kappa shape index (κ1) is 16.9. The Balaban J connectivity index is 1.93. The molecule has 1 saturated heterocycles. The van der Waals surface area contributed by atoms with Crippen LogP contribution in [0.5, 0.6) is 0 Å². The van der Waals surface area contributed by atoms with Gasteiger partial charge in [-0.05, 0) is 43.2 Å². The van der Waals surface area contributed by atoms with Crippen LogP contribution in [-0.4, -0.2) is 25.3 Å². The predicted molar refractivity (Wildman–Crippen MR) is 85.6 cm³/mol. The molecule has 5 heteroatoms. The zero-order valence-corrected chi connectivity index (χ0v) is 14.0. The van der Waals surface area contributed by atoms with E-state index in [2.05, 4.69) is 38.3 Å². The van der Waals surface area contributed by atoms with Gasteiger partial charge in [-0.25, -0.2) is 4.79 Å². The SMILES string of the molecule is C[C@H](NC(=O)N[C@H](c1ccco1)C(C)(C)C)C1CCOCC1. The van der Waals surface area contributed by atoms with Crippen molar-refractivity contribution < 1.29 is 13.9 Å². The van der Waals surface area contributed by atoms with Crippen molar-refractivity contribution in [1.29, 1.82) is 0 Å². The Labute approximate surface area is 132 Å². The van der Waals surface area contributed by atoms with Crippen molar-refractivity contribution in [2.24, 2.45) is 11.3 Å². The standard InChI is InChI=1S/C17H28N2O3/c1-12(13-7-10-21-11-8-13)18-16(20)19-15(17(2,3)4)14-6-5-9-22-14/h5-6,9,12-13,15H,7-8,10-11H2,1-4H3,(H2,18,19,20)/t12-,15+/m0/s1. The maximum Gasteiger partial charge on any atom is 0.315 e. The molecule has 2 heterocycles. The maximum atomic E-state index is 12.4. The quantitative estimate of drug-likeness (QED) is 0.895. The second-order valence-corrected chi connectivity index (χ2v) is 7.17. The van der Waals surface area contributed by atoms with Crippen LogP contribution in [0.25, 0.3) is 0 Å². The van der Waals surface area contributed by atoms with Crippen LogP contribution in [0.1, 0.15) is 52.3 Å². The van der Waals surface area contributed by atoms with Crippen molar-refractivity contribution in [3.05, 3.63) is 24.2 Å². The number of hydrogen-bond donors (Lipinski definition) is 2. The van der Waals surface area contributed by atoms with Gasteiger partial charge in [0.1, 0.15) is 5.76 Å². The number of ether oxygens (including phenoxy) is 1. The van der Waals surface area contributed by atoms with Gasteiger partial charge >= 0.3 is 6.03 Å². The third-order valence-corrected chi connectivity index (χ3v) is 4.30. The highest BCUT2D eigenvalue weighted by atomic mass is 16.5.